The number of carbonyl (C=O) groups excluding carboxylic acids is 4. The molecule has 0 radical (unpaired) electrons. The Morgan fingerprint density at radius 1 is 0.938 bits per heavy atom. The van der Waals surface area contributed by atoms with Gasteiger partial charge in [-0.05, 0) is 49.9 Å². The van der Waals surface area contributed by atoms with Crippen LogP contribution in [0.25, 0.3) is 10.9 Å². The fourth-order valence-corrected chi connectivity index (χ4v) is 7.08. The molecule has 0 spiro atoms. The molecule has 0 atom stereocenters. The number of piperazine rings is 1. The second-order valence-electron chi connectivity index (χ2n) is 13.0. The molecule has 4 amide bonds. The molecule has 14 nitrogen and oxygen atoms in total. The number of fused-ring (bicyclic) bond motifs is 1. The molecule has 6 rings (SSSR count). The Bertz CT molecular complexity index is 1570. The van der Waals surface area contributed by atoms with Crippen molar-refractivity contribution in [3.8, 4) is 0 Å². The number of rotatable bonds is 11. The fraction of sp³-hybridized carbons (Fsp3) is 0.559. The number of amides is 4. The molecule has 48 heavy (non-hydrogen) atoms. The number of nitrogens with one attached hydrogen (secondary N) is 2. The zero-order valence-corrected chi connectivity index (χ0v) is 27.7. The lowest BCUT2D eigenvalue weighted by Crippen LogP contribution is -2.51. The highest BCUT2D eigenvalue weighted by Crippen LogP contribution is 2.31. The minimum atomic E-state index is -0.155. The molecule has 1 aromatic carbocycles. The van der Waals surface area contributed by atoms with Crippen LogP contribution in [0, 0.1) is 0 Å². The van der Waals surface area contributed by atoms with Crippen LogP contribution in [0.4, 0.5) is 11.5 Å². The van der Waals surface area contributed by atoms with Crippen molar-refractivity contribution in [3.63, 3.8) is 0 Å². The summed E-state index contributed by atoms with van der Waals surface area (Å²) >= 11 is 0. The maximum atomic E-state index is 13.3. The van der Waals surface area contributed by atoms with Crippen LogP contribution < -0.4 is 20.4 Å². The predicted octanol–water partition coefficient (Wildman–Crippen LogP) is 1.97. The number of piperidine rings is 1. The normalized spacial score (nSPS) is 18.1. The Morgan fingerprint density at radius 2 is 1.71 bits per heavy atom. The molecule has 0 unspecified atom stereocenters. The van der Waals surface area contributed by atoms with Gasteiger partial charge >= 0.3 is 0 Å². The summed E-state index contributed by atoms with van der Waals surface area (Å²) in [5.74, 6) is 0.609. The van der Waals surface area contributed by atoms with Gasteiger partial charge in [0.2, 0.25) is 18.2 Å². The number of likely N-dealkylation sites (tertiary alicyclic amines) is 1. The maximum absolute atomic E-state index is 13.3. The van der Waals surface area contributed by atoms with Crippen LogP contribution in [-0.4, -0.2) is 119 Å². The zero-order chi connectivity index (χ0) is 33.5. The van der Waals surface area contributed by atoms with Gasteiger partial charge in [0.05, 0.1) is 30.0 Å². The quantitative estimate of drug-likeness (QED) is 0.295. The molecular formula is C34H46N10O4. The number of hydrogen-bond donors (Lipinski definition) is 2. The van der Waals surface area contributed by atoms with E-state index in [4.69, 9.17) is 0 Å². The summed E-state index contributed by atoms with van der Waals surface area (Å²) in [6, 6.07) is 9.77. The number of carbonyl (C=O) groups is 4. The molecule has 3 aliphatic rings. The maximum Gasteiger partial charge on any atom is 0.272 e. The average molecular weight is 659 g/mol. The summed E-state index contributed by atoms with van der Waals surface area (Å²) in [6.07, 6.45) is 9.95. The lowest BCUT2D eigenvalue weighted by atomic mass is 9.95. The molecule has 14 heteroatoms. The van der Waals surface area contributed by atoms with Gasteiger partial charge in [-0.3, -0.25) is 28.8 Å². The molecule has 2 aliphatic heterocycles. The van der Waals surface area contributed by atoms with Gasteiger partial charge in [-0.1, -0.05) is 25.3 Å². The lowest BCUT2D eigenvalue weighted by molar-refractivity contribution is -0.133. The Hall–Kier alpha value is -4.59. The van der Waals surface area contributed by atoms with Gasteiger partial charge < -0.3 is 25.3 Å². The monoisotopic (exact) mass is 658 g/mol. The third-order valence-corrected chi connectivity index (χ3v) is 9.96. The van der Waals surface area contributed by atoms with Crippen molar-refractivity contribution in [2.45, 2.75) is 63.5 Å². The molecule has 2 saturated heterocycles. The van der Waals surface area contributed by atoms with Crippen molar-refractivity contribution in [1.82, 2.24) is 40.4 Å². The van der Waals surface area contributed by atoms with E-state index in [1.165, 1.54) is 6.42 Å². The molecule has 3 fully saturated rings. The van der Waals surface area contributed by atoms with E-state index in [1.807, 2.05) is 33.8 Å². The van der Waals surface area contributed by atoms with Gasteiger partial charge in [0, 0.05) is 70.7 Å². The first-order valence-corrected chi connectivity index (χ1v) is 17.2. The van der Waals surface area contributed by atoms with Crippen LogP contribution in [0.5, 0.6) is 0 Å². The van der Waals surface area contributed by atoms with Crippen molar-refractivity contribution in [2.75, 3.05) is 69.2 Å². The molecule has 1 saturated carbocycles. The summed E-state index contributed by atoms with van der Waals surface area (Å²) in [5, 5.41) is 19.8. The van der Waals surface area contributed by atoms with E-state index in [0.717, 1.165) is 93.5 Å². The van der Waals surface area contributed by atoms with Gasteiger partial charge in [-0.25, -0.2) is 0 Å². The number of hydrogen-bond acceptors (Lipinski definition) is 9. The molecule has 3 aromatic rings. The first-order valence-electron chi connectivity index (χ1n) is 17.2. The van der Waals surface area contributed by atoms with Crippen LogP contribution in [0.15, 0.2) is 36.5 Å². The van der Waals surface area contributed by atoms with E-state index in [1.54, 1.807) is 24.2 Å². The molecule has 1 aliphatic carbocycles. The second-order valence-corrected chi connectivity index (χ2v) is 13.0. The number of nitrogens with zero attached hydrogens (tertiary/aromatic N) is 8. The summed E-state index contributed by atoms with van der Waals surface area (Å²) in [5.41, 5.74) is 2.01. The van der Waals surface area contributed by atoms with Crippen LogP contribution >= 0.6 is 0 Å². The van der Waals surface area contributed by atoms with Crippen LogP contribution in [0.1, 0.15) is 67.9 Å². The Balaban J connectivity index is 0.962. The predicted molar refractivity (Wildman–Crippen MR) is 182 cm³/mol. The summed E-state index contributed by atoms with van der Waals surface area (Å²) in [4.78, 5) is 57.3. The van der Waals surface area contributed by atoms with E-state index >= 15 is 0 Å². The summed E-state index contributed by atoms with van der Waals surface area (Å²) in [7, 11) is 1.58. The largest absolute Gasteiger partial charge is 0.359 e. The third kappa shape index (κ3) is 7.75. The topological polar surface area (TPSA) is 149 Å². The first kappa shape index (κ1) is 33.3. The highest BCUT2D eigenvalue weighted by atomic mass is 16.2. The average Bonchev–Trinajstić information content (AvgIpc) is 3.57. The van der Waals surface area contributed by atoms with Gasteiger partial charge in [0.1, 0.15) is 0 Å². The molecule has 256 valence electrons. The molecule has 2 N–H and O–H groups in total. The van der Waals surface area contributed by atoms with E-state index in [2.05, 4.69) is 35.7 Å². The van der Waals surface area contributed by atoms with Gasteiger partial charge in [0.15, 0.2) is 11.5 Å². The minimum Gasteiger partial charge on any atom is -0.359 e. The highest BCUT2D eigenvalue weighted by Gasteiger charge is 2.28. The van der Waals surface area contributed by atoms with Crippen molar-refractivity contribution in [3.05, 3.63) is 42.2 Å². The number of benzene rings is 1. The molecule has 2 aromatic heterocycles. The zero-order valence-electron chi connectivity index (χ0n) is 27.7. The van der Waals surface area contributed by atoms with Crippen LogP contribution in [-0.2, 0) is 14.4 Å². The number of aromatic nitrogens is 4. The van der Waals surface area contributed by atoms with Crippen LogP contribution in [0.3, 0.4) is 0 Å². The van der Waals surface area contributed by atoms with Gasteiger partial charge in [0.25, 0.3) is 5.91 Å². The minimum absolute atomic E-state index is 0.124. The first-order chi connectivity index (χ1) is 23.4. The summed E-state index contributed by atoms with van der Waals surface area (Å²) < 4.78 is 2.01. The van der Waals surface area contributed by atoms with Crippen molar-refractivity contribution >= 4 is 46.5 Å². The fourth-order valence-electron chi connectivity index (χ4n) is 7.08. The van der Waals surface area contributed by atoms with E-state index in [-0.39, 0.29) is 42.8 Å². The van der Waals surface area contributed by atoms with Crippen molar-refractivity contribution in [2.24, 2.45) is 0 Å². The summed E-state index contributed by atoms with van der Waals surface area (Å²) in [6.45, 7) is 4.95. The molecular weight excluding hydrogens is 612 g/mol. The Kier molecular flexibility index (Phi) is 10.8. The van der Waals surface area contributed by atoms with Crippen LogP contribution in [0.2, 0.25) is 0 Å². The highest BCUT2D eigenvalue weighted by molar-refractivity contribution is 5.97. The van der Waals surface area contributed by atoms with Gasteiger partial charge in [-0.2, -0.15) is 5.10 Å². The van der Waals surface area contributed by atoms with E-state index in [0.29, 0.717) is 25.3 Å². The van der Waals surface area contributed by atoms with E-state index < -0.39 is 0 Å². The third-order valence-electron chi connectivity index (χ3n) is 9.96. The smallest absolute Gasteiger partial charge is 0.272 e. The second kappa shape index (κ2) is 15.5. The Labute approximate surface area is 280 Å². The van der Waals surface area contributed by atoms with E-state index in [9.17, 15) is 19.2 Å². The Morgan fingerprint density at radius 3 is 2.40 bits per heavy atom. The molecule has 4 heterocycles. The molecule has 0 bridgehead atoms. The number of anilines is 2. The van der Waals surface area contributed by atoms with Crippen molar-refractivity contribution in [1.29, 1.82) is 0 Å². The van der Waals surface area contributed by atoms with Gasteiger partial charge in [-0.15, -0.1) is 10.2 Å². The lowest BCUT2D eigenvalue weighted by Gasteiger charge is -2.37. The standard InChI is InChI=1S/C34H46N10O4/c1-35-32(46)14-17-43(24-45)29-8-5-9-30-27(29)22-36-44(30)26-12-15-42(16-13-26)33(47)23-40-18-20-41(21-19-40)31-11-10-28(38-39-31)34(48)37-25-6-3-2-4-7-25/h5,8-11,22,24-26H,2-4,6-7,12-21,23H2,1H3,(H,35,46)(H,37,48). The van der Waals surface area contributed by atoms with Crippen molar-refractivity contribution < 1.29 is 19.2 Å². The SMILES string of the molecule is CNC(=O)CCN(C=O)c1cccc2c1cnn2C1CCN(C(=O)CN2CCN(c3ccc(C(=O)NC4CCCCC4)nn3)CC2)CC1.